The first-order chi connectivity index (χ1) is 10.5. The molecule has 0 spiro atoms. The molecule has 2 aromatic rings. The fourth-order valence-corrected chi connectivity index (χ4v) is 3.07. The van der Waals surface area contributed by atoms with Crippen LogP contribution in [0, 0.1) is 13.8 Å². The van der Waals surface area contributed by atoms with Crippen LogP contribution in [-0.2, 0) is 19.5 Å². The molecule has 0 radical (unpaired) electrons. The summed E-state index contributed by atoms with van der Waals surface area (Å²) in [6.07, 6.45) is 0.864. The lowest BCUT2D eigenvalue weighted by Gasteiger charge is -2.07. The molecule has 0 aliphatic rings. The van der Waals surface area contributed by atoms with Gasteiger partial charge in [0.25, 0.3) is 0 Å². The first-order valence-corrected chi connectivity index (χ1v) is 8.06. The summed E-state index contributed by atoms with van der Waals surface area (Å²) >= 11 is 12.0. The van der Waals surface area contributed by atoms with Crippen molar-refractivity contribution in [2.24, 2.45) is 0 Å². The Labute approximate surface area is 141 Å². The number of aliphatic hydroxyl groups is 1. The van der Waals surface area contributed by atoms with Crippen LogP contribution >= 0.6 is 23.2 Å². The Balaban J connectivity index is 1.89. The van der Waals surface area contributed by atoms with Crippen LogP contribution < -0.4 is 5.32 Å². The molecule has 0 bridgehead atoms. The maximum Gasteiger partial charge on any atom is 0.0644 e. The number of rotatable bonds is 7. The number of hydrogen-bond acceptors (Lipinski definition) is 3. The summed E-state index contributed by atoms with van der Waals surface area (Å²) < 4.78 is 1.85. The molecule has 0 aliphatic carbocycles. The molecule has 2 N–H and O–H groups in total. The third-order valence-electron chi connectivity index (χ3n) is 3.66. The lowest BCUT2D eigenvalue weighted by molar-refractivity contribution is 0.267. The number of aryl methyl sites for hydroxylation is 1. The van der Waals surface area contributed by atoms with Crippen LogP contribution in [0.2, 0.25) is 10.0 Å². The van der Waals surface area contributed by atoms with Crippen LogP contribution in [0.5, 0.6) is 0 Å². The smallest absolute Gasteiger partial charge is 0.0644 e. The zero-order valence-corrected chi connectivity index (χ0v) is 14.4. The van der Waals surface area contributed by atoms with E-state index >= 15 is 0 Å². The predicted octanol–water partition coefficient (Wildman–Crippen LogP) is 3.13. The van der Waals surface area contributed by atoms with Crippen molar-refractivity contribution < 1.29 is 5.11 Å². The quantitative estimate of drug-likeness (QED) is 0.760. The van der Waals surface area contributed by atoms with Crippen molar-refractivity contribution in [2.75, 3.05) is 13.2 Å². The Morgan fingerprint density at radius 1 is 1.18 bits per heavy atom. The zero-order chi connectivity index (χ0) is 16.1. The van der Waals surface area contributed by atoms with E-state index in [9.17, 15) is 0 Å². The number of hydrogen-bond donors (Lipinski definition) is 2. The molecule has 22 heavy (non-hydrogen) atoms. The summed E-state index contributed by atoms with van der Waals surface area (Å²) in [6.45, 7) is 6.26. The Morgan fingerprint density at radius 3 is 2.50 bits per heavy atom. The van der Waals surface area contributed by atoms with Crippen LogP contribution in [0.1, 0.15) is 22.5 Å². The average Bonchev–Trinajstić information content (AvgIpc) is 2.70. The number of benzene rings is 1. The van der Waals surface area contributed by atoms with Crippen molar-refractivity contribution in [3.8, 4) is 0 Å². The summed E-state index contributed by atoms with van der Waals surface area (Å²) in [4.78, 5) is 0. The number of nitrogens with one attached hydrogen (secondary N) is 1. The van der Waals surface area contributed by atoms with Gasteiger partial charge in [-0.05, 0) is 50.6 Å². The lowest BCUT2D eigenvalue weighted by Crippen LogP contribution is -2.17. The van der Waals surface area contributed by atoms with E-state index in [4.69, 9.17) is 28.3 Å². The third kappa shape index (κ3) is 4.46. The maximum absolute atomic E-state index is 9.03. The topological polar surface area (TPSA) is 50.1 Å². The van der Waals surface area contributed by atoms with E-state index in [-0.39, 0.29) is 6.61 Å². The first kappa shape index (κ1) is 17.3. The molecular formula is C16H21Cl2N3O. The van der Waals surface area contributed by atoms with E-state index in [1.807, 2.05) is 30.7 Å². The van der Waals surface area contributed by atoms with Gasteiger partial charge in [-0.2, -0.15) is 5.10 Å². The Bertz CT molecular complexity index is 620. The van der Waals surface area contributed by atoms with Crippen molar-refractivity contribution in [3.63, 3.8) is 0 Å². The van der Waals surface area contributed by atoms with Gasteiger partial charge in [0.05, 0.1) is 18.8 Å². The first-order valence-electron chi connectivity index (χ1n) is 7.30. The molecule has 120 valence electrons. The molecule has 0 amide bonds. The summed E-state index contributed by atoms with van der Waals surface area (Å²) in [5, 5.41) is 18.2. The van der Waals surface area contributed by atoms with Gasteiger partial charge < -0.3 is 10.4 Å². The minimum Gasteiger partial charge on any atom is -0.394 e. The summed E-state index contributed by atoms with van der Waals surface area (Å²) in [5.41, 5.74) is 4.42. The highest BCUT2D eigenvalue weighted by Gasteiger charge is 2.10. The fraction of sp³-hybridized carbons (Fsp3) is 0.438. The number of nitrogens with zero attached hydrogens (tertiary/aromatic N) is 2. The Hall–Kier alpha value is -1.07. The van der Waals surface area contributed by atoms with Gasteiger partial charge in [0, 0.05) is 27.8 Å². The maximum atomic E-state index is 9.03. The molecule has 0 fully saturated rings. The molecule has 0 aliphatic heterocycles. The van der Waals surface area contributed by atoms with E-state index in [2.05, 4.69) is 10.4 Å². The molecule has 4 nitrogen and oxygen atoms in total. The molecule has 2 rings (SSSR count). The average molecular weight is 342 g/mol. The number of halogens is 2. The van der Waals surface area contributed by atoms with E-state index in [1.165, 1.54) is 5.56 Å². The highest BCUT2D eigenvalue weighted by molar-refractivity contribution is 6.34. The number of aliphatic hydroxyl groups excluding tert-OH is 1. The molecule has 1 heterocycles. The van der Waals surface area contributed by atoms with Gasteiger partial charge in [-0.1, -0.05) is 23.2 Å². The third-order valence-corrected chi connectivity index (χ3v) is 4.09. The second-order valence-electron chi connectivity index (χ2n) is 5.30. The minimum absolute atomic E-state index is 0.102. The van der Waals surface area contributed by atoms with E-state index in [0.29, 0.717) is 16.6 Å². The fourth-order valence-electron chi connectivity index (χ4n) is 2.50. The Kier molecular flexibility index (Phi) is 6.26. The zero-order valence-electron chi connectivity index (χ0n) is 12.9. The van der Waals surface area contributed by atoms with Crippen molar-refractivity contribution in [3.05, 3.63) is 50.8 Å². The van der Waals surface area contributed by atoms with Crippen molar-refractivity contribution in [2.45, 2.75) is 33.4 Å². The summed E-state index contributed by atoms with van der Waals surface area (Å²) in [5.74, 6) is 0. The molecule has 1 aromatic carbocycles. The van der Waals surface area contributed by atoms with E-state index in [0.717, 1.165) is 36.5 Å². The highest BCUT2D eigenvalue weighted by atomic mass is 35.5. The summed E-state index contributed by atoms with van der Waals surface area (Å²) in [6, 6.07) is 5.61. The lowest BCUT2D eigenvalue weighted by atomic mass is 10.1. The van der Waals surface area contributed by atoms with Crippen LogP contribution in [0.15, 0.2) is 18.2 Å². The van der Waals surface area contributed by atoms with Gasteiger partial charge in [0.1, 0.15) is 0 Å². The van der Waals surface area contributed by atoms with Gasteiger partial charge >= 0.3 is 0 Å². The normalized spacial score (nSPS) is 11.1. The molecule has 6 heteroatoms. The minimum atomic E-state index is 0.102. The van der Waals surface area contributed by atoms with Crippen LogP contribution in [0.3, 0.4) is 0 Å². The molecule has 0 atom stereocenters. The number of aromatic nitrogens is 2. The molecule has 1 aromatic heterocycles. The highest BCUT2D eigenvalue weighted by Crippen LogP contribution is 2.19. The van der Waals surface area contributed by atoms with E-state index in [1.54, 1.807) is 6.07 Å². The molecule has 0 saturated heterocycles. The molecular weight excluding hydrogens is 321 g/mol. The van der Waals surface area contributed by atoms with Crippen molar-refractivity contribution >= 4 is 23.2 Å². The summed E-state index contributed by atoms with van der Waals surface area (Å²) in [7, 11) is 0. The van der Waals surface area contributed by atoms with Crippen LogP contribution in [0.4, 0.5) is 0 Å². The van der Waals surface area contributed by atoms with Gasteiger partial charge in [0.2, 0.25) is 0 Å². The Morgan fingerprint density at radius 2 is 1.86 bits per heavy atom. The molecule has 0 saturated carbocycles. The van der Waals surface area contributed by atoms with E-state index < -0.39 is 0 Å². The second kappa shape index (κ2) is 7.97. The van der Waals surface area contributed by atoms with Gasteiger partial charge in [-0.25, -0.2) is 0 Å². The van der Waals surface area contributed by atoms with Gasteiger partial charge in [-0.15, -0.1) is 0 Å². The predicted molar refractivity (Wildman–Crippen MR) is 90.7 cm³/mol. The van der Waals surface area contributed by atoms with Crippen molar-refractivity contribution in [1.29, 1.82) is 0 Å². The van der Waals surface area contributed by atoms with Crippen LogP contribution in [-0.4, -0.2) is 28.0 Å². The van der Waals surface area contributed by atoms with Crippen molar-refractivity contribution in [1.82, 2.24) is 15.1 Å². The largest absolute Gasteiger partial charge is 0.394 e. The SMILES string of the molecule is Cc1nn(CCO)c(C)c1CNCCc1cc(Cl)cc(Cl)c1. The second-order valence-corrected chi connectivity index (χ2v) is 6.17. The standard InChI is InChI=1S/C16H21Cl2N3O/c1-11-16(12(2)21(20-11)5-6-22)10-19-4-3-13-7-14(17)9-15(18)8-13/h7-9,19,22H,3-6,10H2,1-2H3. The van der Waals surface area contributed by atoms with Gasteiger partial charge in [0.15, 0.2) is 0 Å². The molecule has 0 unspecified atom stereocenters. The van der Waals surface area contributed by atoms with Gasteiger partial charge in [-0.3, -0.25) is 4.68 Å². The van der Waals surface area contributed by atoms with Crippen LogP contribution in [0.25, 0.3) is 0 Å². The monoisotopic (exact) mass is 341 g/mol.